The van der Waals surface area contributed by atoms with E-state index in [2.05, 4.69) is 4.98 Å². The number of nitrogens with zero attached hydrogens (tertiary/aromatic N) is 2. The third-order valence-corrected chi connectivity index (χ3v) is 5.84. The molecule has 0 saturated carbocycles. The van der Waals surface area contributed by atoms with Crippen molar-refractivity contribution >= 4 is 21.4 Å². The molecule has 1 fully saturated rings. The van der Waals surface area contributed by atoms with Crippen molar-refractivity contribution in [2.45, 2.75) is 21.9 Å². The molecule has 1 aliphatic heterocycles. The number of likely N-dealkylation sites (tertiary alicyclic amines) is 1. The van der Waals surface area contributed by atoms with Crippen molar-refractivity contribution in [3.05, 3.63) is 47.5 Å². The zero-order valence-electron chi connectivity index (χ0n) is 14.2. The summed E-state index contributed by atoms with van der Waals surface area (Å²) >= 11 is 0. The quantitative estimate of drug-likeness (QED) is 0.743. The average molecular weight is 439 g/mol. The maximum Gasteiger partial charge on any atom is 0.416 e. The largest absolute Gasteiger partial charge is 0.416 e. The highest BCUT2D eigenvalue weighted by atomic mass is 32.2. The van der Waals surface area contributed by atoms with E-state index in [0.29, 0.717) is 18.3 Å². The molecule has 6 nitrogen and oxygen atoms in total. The molecule has 2 aromatic rings. The van der Waals surface area contributed by atoms with Gasteiger partial charge in [-0.1, -0.05) is 0 Å². The van der Waals surface area contributed by atoms with Gasteiger partial charge in [-0.05, 0) is 24.3 Å². The Kier molecular flexibility index (Phi) is 4.76. The number of rotatable bonds is 3. The molecule has 3 rings (SSSR count). The number of carbonyl (C=O) groups excluding carboxylic acids is 1. The van der Waals surface area contributed by atoms with Gasteiger partial charge in [-0.25, -0.2) is 26.6 Å². The van der Waals surface area contributed by atoms with Gasteiger partial charge in [0.15, 0.2) is 5.69 Å². The number of anilines is 1. The second-order valence-corrected chi connectivity index (χ2v) is 8.19. The molecule has 0 radical (unpaired) electrons. The monoisotopic (exact) mass is 439 g/mol. The maximum absolute atomic E-state index is 14.0. The van der Waals surface area contributed by atoms with Crippen LogP contribution in [-0.4, -0.2) is 43.2 Å². The van der Waals surface area contributed by atoms with Crippen LogP contribution in [0.2, 0.25) is 0 Å². The minimum atomic E-state index is -4.87. The summed E-state index contributed by atoms with van der Waals surface area (Å²) in [6, 6.07) is 1.63. The van der Waals surface area contributed by atoms with Crippen molar-refractivity contribution in [1.29, 1.82) is 0 Å². The van der Waals surface area contributed by atoms with Gasteiger partial charge in [-0.3, -0.25) is 4.79 Å². The normalized spacial score (nSPS) is 16.4. The molecular weight excluding hydrogens is 428 g/mol. The molecule has 1 aromatic heterocycles. The first-order valence-corrected chi connectivity index (χ1v) is 9.25. The Morgan fingerprint density at radius 3 is 2.28 bits per heavy atom. The van der Waals surface area contributed by atoms with E-state index >= 15 is 0 Å². The van der Waals surface area contributed by atoms with Gasteiger partial charge in [0.25, 0.3) is 11.8 Å². The molecule has 1 amide bonds. The van der Waals surface area contributed by atoms with Crippen LogP contribution in [0, 0.1) is 5.82 Å². The third-order valence-electron chi connectivity index (χ3n) is 4.09. The van der Waals surface area contributed by atoms with Crippen LogP contribution in [0.3, 0.4) is 0 Å². The number of carbonyl (C=O) groups is 1. The summed E-state index contributed by atoms with van der Waals surface area (Å²) in [6.45, 7) is -1.69. The molecule has 0 aliphatic carbocycles. The Morgan fingerprint density at radius 2 is 1.79 bits per heavy atom. The number of hydrogen-bond acceptors (Lipinski definition) is 5. The standard InChI is InChI=1S/C16H11F6N3O3S/c17-10-3-8(16(20,21)22)1-2-12(10)29(27,28)9-4-11(23)13(24-5-9)14(26)25-6-15(18,19)7-25/h1-5H,6-7,23H2. The van der Waals surface area contributed by atoms with Crippen LogP contribution >= 0.6 is 0 Å². The van der Waals surface area contributed by atoms with Crippen LogP contribution in [0.4, 0.5) is 32.0 Å². The number of hydrogen-bond donors (Lipinski definition) is 1. The van der Waals surface area contributed by atoms with E-state index in [1.54, 1.807) is 0 Å². The molecule has 1 aromatic carbocycles. The van der Waals surface area contributed by atoms with Crippen LogP contribution in [0.5, 0.6) is 0 Å². The number of aromatic nitrogens is 1. The number of pyridine rings is 1. The fourth-order valence-corrected chi connectivity index (χ4v) is 3.91. The lowest BCUT2D eigenvalue weighted by atomic mass is 10.1. The highest BCUT2D eigenvalue weighted by Gasteiger charge is 2.47. The van der Waals surface area contributed by atoms with E-state index < -0.39 is 73.5 Å². The Labute approximate surface area is 159 Å². The van der Waals surface area contributed by atoms with Crippen LogP contribution in [0.15, 0.2) is 40.3 Å². The summed E-state index contributed by atoms with van der Waals surface area (Å²) in [5.41, 5.74) is 3.27. The van der Waals surface area contributed by atoms with E-state index in [4.69, 9.17) is 5.73 Å². The zero-order valence-corrected chi connectivity index (χ0v) is 15.0. The molecular formula is C16H11F6N3O3S. The van der Waals surface area contributed by atoms with Crippen molar-refractivity contribution in [2.75, 3.05) is 18.8 Å². The number of halogens is 6. The second-order valence-electron chi connectivity index (χ2n) is 6.27. The molecule has 1 aliphatic rings. The second kappa shape index (κ2) is 6.61. The zero-order chi connectivity index (χ0) is 21.8. The lowest BCUT2D eigenvalue weighted by Gasteiger charge is -2.38. The van der Waals surface area contributed by atoms with E-state index in [1.165, 1.54) is 0 Å². The van der Waals surface area contributed by atoms with E-state index in [9.17, 15) is 39.6 Å². The van der Waals surface area contributed by atoms with Crippen molar-refractivity contribution < 1.29 is 39.6 Å². The first kappa shape index (κ1) is 20.9. The highest BCUT2D eigenvalue weighted by molar-refractivity contribution is 7.91. The molecule has 1 saturated heterocycles. The minimum absolute atomic E-state index is 0.0333. The van der Waals surface area contributed by atoms with Crippen molar-refractivity contribution in [2.24, 2.45) is 0 Å². The smallest absolute Gasteiger partial charge is 0.397 e. The van der Waals surface area contributed by atoms with Crippen molar-refractivity contribution in [3.8, 4) is 0 Å². The van der Waals surface area contributed by atoms with Crippen molar-refractivity contribution in [3.63, 3.8) is 0 Å². The van der Waals surface area contributed by atoms with Crippen LogP contribution < -0.4 is 5.73 Å². The number of nitrogens with two attached hydrogens (primary N) is 1. The van der Waals surface area contributed by atoms with Gasteiger partial charge in [0, 0.05) is 6.20 Å². The summed E-state index contributed by atoms with van der Waals surface area (Å²) in [4.78, 5) is 14.7. The molecule has 0 spiro atoms. The minimum Gasteiger partial charge on any atom is -0.397 e. The first-order valence-electron chi connectivity index (χ1n) is 7.77. The molecule has 0 atom stereocenters. The first-order chi connectivity index (χ1) is 13.2. The predicted octanol–water partition coefficient (Wildman–Crippen LogP) is 2.75. The number of sulfone groups is 1. The van der Waals surface area contributed by atoms with E-state index in [0.717, 1.165) is 11.0 Å². The van der Waals surface area contributed by atoms with Crippen LogP contribution in [-0.2, 0) is 16.0 Å². The Morgan fingerprint density at radius 1 is 1.17 bits per heavy atom. The topological polar surface area (TPSA) is 93.4 Å². The SMILES string of the molecule is Nc1cc(S(=O)(=O)c2ccc(C(F)(F)F)cc2F)cnc1C(=O)N1CC(F)(F)C1. The third kappa shape index (κ3) is 3.86. The summed E-state index contributed by atoms with van der Waals surface area (Å²) in [7, 11) is -4.66. The summed E-state index contributed by atoms with van der Waals surface area (Å²) < 4.78 is 103. The highest BCUT2D eigenvalue weighted by Crippen LogP contribution is 2.33. The van der Waals surface area contributed by atoms with Gasteiger partial charge in [-0.2, -0.15) is 13.2 Å². The van der Waals surface area contributed by atoms with Gasteiger partial charge in [-0.15, -0.1) is 0 Å². The van der Waals surface area contributed by atoms with Crippen LogP contribution in [0.1, 0.15) is 16.1 Å². The molecule has 13 heteroatoms. The van der Waals surface area contributed by atoms with Crippen LogP contribution in [0.25, 0.3) is 0 Å². The Bertz CT molecular complexity index is 1090. The number of alkyl halides is 5. The lowest BCUT2D eigenvalue weighted by Crippen LogP contribution is -2.58. The summed E-state index contributed by atoms with van der Waals surface area (Å²) in [5.74, 6) is -5.62. The molecule has 29 heavy (non-hydrogen) atoms. The molecule has 2 heterocycles. The van der Waals surface area contributed by atoms with Gasteiger partial charge in [0.05, 0.1) is 29.2 Å². The summed E-state index contributed by atoms with van der Waals surface area (Å²) in [6.07, 6.45) is -4.22. The number of benzene rings is 1. The Hall–Kier alpha value is -2.83. The van der Waals surface area contributed by atoms with Gasteiger partial charge in [0.1, 0.15) is 10.7 Å². The Balaban J connectivity index is 1.93. The van der Waals surface area contributed by atoms with Crippen molar-refractivity contribution in [1.82, 2.24) is 9.88 Å². The van der Waals surface area contributed by atoms with E-state index in [-0.39, 0.29) is 6.07 Å². The van der Waals surface area contributed by atoms with E-state index in [1.807, 2.05) is 0 Å². The molecule has 156 valence electrons. The van der Waals surface area contributed by atoms with Gasteiger partial charge >= 0.3 is 6.18 Å². The number of amides is 1. The maximum atomic E-state index is 14.0. The average Bonchev–Trinajstić information content (AvgIpc) is 2.57. The number of nitrogen functional groups attached to an aromatic ring is 1. The summed E-state index contributed by atoms with van der Waals surface area (Å²) in [5, 5.41) is 0. The fourth-order valence-electron chi connectivity index (χ4n) is 2.61. The molecule has 0 unspecified atom stereocenters. The lowest BCUT2D eigenvalue weighted by molar-refractivity contribution is -0.137. The molecule has 0 bridgehead atoms. The molecule has 2 N–H and O–H groups in total. The van der Waals surface area contributed by atoms with Gasteiger partial charge < -0.3 is 10.6 Å². The fraction of sp³-hybridized carbons (Fsp3) is 0.250. The van der Waals surface area contributed by atoms with Gasteiger partial charge in [0.2, 0.25) is 9.84 Å². The predicted molar refractivity (Wildman–Crippen MR) is 86.4 cm³/mol.